The minimum absolute atomic E-state index is 0.00613. The number of halogens is 1. The van der Waals surface area contributed by atoms with Crippen molar-refractivity contribution in [3.8, 4) is 0 Å². The Morgan fingerprint density at radius 1 is 1.57 bits per heavy atom. The van der Waals surface area contributed by atoms with Crippen LogP contribution in [0, 0.1) is 0 Å². The minimum Gasteiger partial charge on any atom is -0.448 e. The number of nitrogens with zero attached hydrogens (tertiary/aromatic N) is 3. The van der Waals surface area contributed by atoms with Gasteiger partial charge in [-0.2, -0.15) is 9.97 Å². The Hall–Kier alpha value is -2.03. The average molecular weight is 313 g/mol. The predicted octanol–water partition coefficient (Wildman–Crippen LogP) is 2.54. The molecular weight excluding hydrogens is 297 g/mol. The van der Waals surface area contributed by atoms with Crippen LogP contribution in [0.3, 0.4) is 0 Å². The van der Waals surface area contributed by atoms with Crippen LogP contribution in [0.25, 0.3) is 11.0 Å². The first kappa shape index (κ1) is 15.4. The molecule has 7 nitrogen and oxygen atoms in total. The summed E-state index contributed by atoms with van der Waals surface area (Å²) in [5.41, 5.74) is 0.576. The lowest BCUT2D eigenvalue weighted by Gasteiger charge is -2.16. The molecule has 0 fully saturated rings. The van der Waals surface area contributed by atoms with Crippen LogP contribution in [0.5, 0.6) is 0 Å². The van der Waals surface area contributed by atoms with Gasteiger partial charge in [0.2, 0.25) is 5.95 Å². The van der Waals surface area contributed by atoms with Gasteiger partial charge in [-0.3, -0.25) is 4.39 Å². The second-order valence-electron chi connectivity index (χ2n) is 4.11. The Bertz CT molecular complexity index is 621. The molecule has 0 spiro atoms. The number of aromatic amines is 1. The number of amides is 1. The van der Waals surface area contributed by atoms with E-state index in [2.05, 4.69) is 33.1 Å². The molecule has 9 heteroatoms. The number of thiol groups is 1. The monoisotopic (exact) mass is 313 g/mol. The number of aromatic nitrogens is 3. The molecule has 1 amide bonds. The molecule has 0 aliphatic carbocycles. The number of nitrogens with one attached hydrogen (secondary N) is 2. The van der Waals surface area contributed by atoms with Crippen molar-refractivity contribution in [2.75, 3.05) is 29.4 Å². The number of hydrogen-bond acceptors (Lipinski definition) is 6. The van der Waals surface area contributed by atoms with Gasteiger partial charge >= 0.3 is 6.09 Å². The smallest absolute Gasteiger partial charge is 0.425 e. The maximum Gasteiger partial charge on any atom is 0.425 e. The fourth-order valence-corrected chi connectivity index (χ4v) is 1.90. The molecule has 0 bridgehead atoms. The average Bonchev–Trinajstić information content (AvgIpc) is 2.94. The van der Waals surface area contributed by atoms with Crippen molar-refractivity contribution in [2.24, 2.45) is 0 Å². The summed E-state index contributed by atoms with van der Waals surface area (Å²) < 4.78 is 17.9. The second-order valence-corrected chi connectivity index (χ2v) is 4.51. The van der Waals surface area contributed by atoms with E-state index in [1.807, 2.05) is 6.92 Å². The number of fused-ring (bicyclic) bond motifs is 1. The lowest BCUT2D eigenvalue weighted by atomic mass is 10.4. The van der Waals surface area contributed by atoms with Crippen LogP contribution < -0.4 is 9.62 Å². The van der Waals surface area contributed by atoms with Crippen molar-refractivity contribution in [3.63, 3.8) is 0 Å². The molecule has 21 heavy (non-hydrogen) atoms. The number of hydrogen-bond donors (Lipinski definition) is 3. The molecule has 0 saturated heterocycles. The van der Waals surface area contributed by atoms with Gasteiger partial charge in [0.15, 0.2) is 5.82 Å². The molecule has 2 aromatic heterocycles. The van der Waals surface area contributed by atoms with Crippen molar-refractivity contribution in [1.82, 2.24) is 15.0 Å². The number of ether oxygens (including phenoxy) is 1. The van der Waals surface area contributed by atoms with Gasteiger partial charge in [-0.15, -0.1) is 0 Å². The highest BCUT2D eigenvalue weighted by Gasteiger charge is 2.20. The maximum atomic E-state index is 12.0. The van der Waals surface area contributed by atoms with Gasteiger partial charge in [0.05, 0.1) is 18.7 Å². The number of carbonyl (C=O) groups excluding carboxylic acids is 1. The van der Waals surface area contributed by atoms with E-state index in [9.17, 15) is 9.18 Å². The summed E-state index contributed by atoms with van der Waals surface area (Å²) in [5, 5.41) is 3.60. The van der Waals surface area contributed by atoms with Crippen LogP contribution >= 0.6 is 12.8 Å². The first-order chi connectivity index (χ1) is 10.2. The van der Waals surface area contributed by atoms with Crippen LogP contribution in [-0.2, 0) is 4.74 Å². The summed E-state index contributed by atoms with van der Waals surface area (Å²) in [4.78, 5) is 23.3. The number of anilines is 2. The van der Waals surface area contributed by atoms with Crippen LogP contribution in [0.2, 0.25) is 0 Å². The summed E-state index contributed by atoms with van der Waals surface area (Å²) in [5.74, 6) is 0.670. The number of rotatable bonds is 6. The molecule has 0 radical (unpaired) electrons. The largest absolute Gasteiger partial charge is 0.448 e. The van der Waals surface area contributed by atoms with Gasteiger partial charge in [-0.05, 0) is 13.0 Å². The highest BCUT2D eigenvalue weighted by molar-refractivity contribution is 7.82. The molecule has 0 atom stereocenters. The summed E-state index contributed by atoms with van der Waals surface area (Å²) in [7, 11) is 0. The van der Waals surface area contributed by atoms with Gasteiger partial charge in [-0.25, -0.2) is 9.10 Å². The lowest BCUT2D eigenvalue weighted by molar-refractivity contribution is 0.154. The van der Waals surface area contributed by atoms with Gasteiger partial charge in [0, 0.05) is 19.2 Å². The molecule has 2 rings (SSSR count). The molecule has 0 unspecified atom stereocenters. The highest BCUT2D eigenvalue weighted by atomic mass is 32.1. The number of carbonyl (C=O) groups is 1. The van der Waals surface area contributed by atoms with Gasteiger partial charge in [0.25, 0.3) is 0 Å². The van der Waals surface area contributed by atoms with Crippen molar-refractivity contribution >= 4 is 41.7 Å². The van der Waals surface area contributed by atoms with E-state index >= 15 is 0 Å². The molecule has 0 saturated carbocycles. The third kappa shape index (κ3) is 3.54. The quantitative estimate of drug-likeness (QED) is 0.564. The second kappa shape index (κ2) is 7.11. The Labute approximate surface area is 126 Å². The highest BCUT2D eigenvalue weighted by Crippen LogP contribution is 2.26. The van der Waals surface area contributed by atoms with E-state index in [4.69, 9.17) is 4.74 Å². The Balaban J connectivity index is 2.26. The number of H-pyrrole nitrogens is 1. The first-order valence-corrected chi connectivity index (χ1v) is 6.88. The molecular formula is C12H16FN5O2S. The summed E-state index contributed by atoms with van der Waals surface area (Å²) in [6, 6.07) is 1.73. The van der Waals surface area contributed by atoms with E-state index in [0.29, 0.717) is 29.3 Å². The van der Waals surface area contributed by atoms with E-state index < -0.39 is 12.8 Å². The van der Waals surface area contributed by atoms with Gasteiger partial charge in [0.1, 0.15) is 5.65 Å². The van der Waals surface area contributed by atoms with E-state index in [1.54, 1.807) is 12.3 Å². The Morgan fingerprint density at radius 3 is 3.10 bits per heavy atom. The van der Waals surface area contributed by atoms with Gasteiger partial charge < -0.3 is 15.0 Å². The van der Waals surface area contributed by atoms with Crippen LogP contribution in [0.4, 0.5) is 21.0 Å². The standard InChI is InChI=1S/C12H16FN5O2S/c1-2-14-11-16-9-8(4-6-15-9)10(17-11)18(21)12(19)20-7-3-5-13/h4,6,21H,2-3,5,7H2,1H3,(H2,14,15,16,17). The van der Waals surface area contributed by atoms with Crippen LogP contribution in [0.15, 0.2) is 12.3 Å². The zero-order valence-corrected chi connectivity index (χ0v) is 12.4. The van der Waals surface area contributed by atoms with Crippen molar-refractivity contribution < 1.29 is 13.9 Å². The molecule has 2 aromatic rings. The van der Waals surface area contributed by atoms with Crippen LogP contribution in [0.1, 0.15) is 13.3 Å². The summed E-state index contributed by atoms with van der Waals surface area (Å²) in [6.07, 6.45) is 1.13. The fourth-order valence-electron chi connectivity index (χ4n) is 1.69. The molecule has 2 heterocycles. The van der Waals surface area contributed by atoms with Gasteiger partial charge in [-0.1, -0.05) is 12.8 Å². The normalized spacial score (nSPS) is 10.6. The van der Waals surface area contributed by atoms with Crippen LogP contribution in [-0.4, -0.2) is 40.9 Å². The molecule has 0 aliphatic rings. The molecule has 2 N–H and O–H groups in total. The molecule has 0 aliphatic heterocycles. The first-order valence-electron chi connectivity index (χ1n) is 6.48. The molecule has 114 valence electrons. The third-order valence-corrected chi connectivity index (χ3v) is 2.96. The Kier molecular flexibility index (Phi) is 5.20. The SMILES string of the molecule is CCNc1nc(N(S)C(=O)OCCCF)c2cc[nH]c2n1. The van der Waals surface area contributed by atoms with Crippen molar-refractivity contribution in [3.05, 3.63) is 12.3 Å². The van der Waals surface area contributed by atoms with E-state index in [-0.39, 0.29) is 13.0 Å². The van der Waals surface area contributed by atoms with E-state index in [1.165, 1.54) is 0 Å². The predicted molar refractivity (Wildman–Crippen MR) is 81.5 cm³/mol. The summed E-state index contributed by atoms with van der Waals surface area (Å²) >= 11 is 4.12. The van der Waals surface area contributed by atoms with E-state index in [0.717, 1.165) is 4.31 Å². The topological polar surface area (TPSA) is 83.1 Å². The summed E-state index contributed by atoms with van der Waals surface area (Å²) in [6.45, 7) is 2.00. The fraction of sp³-hybridized carbons (Fsp3) is 0.417. The maximum absolute atomic E-state index is 12.0. The third-order valence-electron chi connectivity index (χ3n) is 2.61. The zero-order valence-electron chi connectivity index (χ0n) is 11.5. The minimum atomic E-state index is -0.713. The van der Waals surface area contributed by atoms with Crippen molar-refractivity contribution in [1.29, 1.82) is 0 Å². The Morgan fingerprint density at radius 2 is 2.38 bits per heavy atom. The van der Waals surface area contributed by atoms with Crippen molar-refractivity contribution in [2.45, 2.75) is 13.3 Å². The lowest BCUT2D eigenvalue weighted by Crippen LogP contribution is -2.24. The number of alkyl halides is 1. The molecule has 0 aromatic carbocycles. The zero-order chi connectivity index (χ0) is 15.2.